The predicted octanol–water partition coefficient (Wildman–Crippen LogP) is 0.885. The van der Waals surface area contributed by atoms with E-state index in [0.717, 1.165) is 16.8 Å². The SMILES string of the molecule is CCC1(CCSC(C)=O)C(=O)N2CCCC(C(=O)O)N2C1=O. The molecule has 122 valence electrons. The third kappa shape index (κ3) is 2.60. The fourth-order valence-electron chi connectivity index (χ4n) is 3.13. The average molecular weight is 328 g/mol. The minimum atomic E-state index is -1.22. The van der Waals surface area contributed by atoms with Crippen LogP contribution in [0.3, 0.4) is 0 Å². The van der Waals surface area contributed by atoms with Crippen LogP contribution >= 0.6 is 11.8 Å². The highest BCUT2D eigenvalue weighted by atomic mass is 32.2. The smallest absolute Gasteiger partial charge is 0.328 e. The molecule has 2 fully saturated rings. The number of carboxylic acid groups (broad SMARTS) is 1. The van der Waals surface area contributed by atoms with Crippen molar-refractivity contribution in [2.45, 2.75) is 45.6 Å². The Hall–Kier alpha value is -1.57. The lowest BCUT2D eigenvalue weighted by Crippen LogP contribution is -2.54. The van der Waals surface area contributed by atoms with Crippen molar-refractivity contribution in [3.63, 3.8) is 0 Å². The molecule has 0 aromatic heterocycles. The molecule has 8 heteroatoms. The summed E-state index contributed by atoms with van der Waals surface area (Å²) in [7, 11) is 0. The minimum absolute atomic E-state index is 0.0643. The Morgan fingerprint density at radius 2 is 2.05 bits per heavy atom. The van der Waals surface area contributed by atoms with E-state index in [4.69, 9.17) is 0 Å². The highest BCUT2D eigenvalue weighted by Crippen LogP contribution is 2.42. The van der Waals surface area contributed by atoms with E-state index in [1.54, 1.807) is 6.92 Å². The molecule has 7 nitrogen and oxygen atoms in total. The predicted molar refractivity (Wildman–Crippen MR) is 79.7 cm³/mol. The second-order valence-corrected chi connectivity index (χ2v) is 6.87. The molecule has 2 amide bonds. The van der Waals surface area contributed by atoms with Crippen LogP contribution in [0, 0.1) is 5.41 Å². The number of nitrogens with zero attached hydrogens (tertiary/aromatic N) is 2. The van der Waals surface area contributed by atoms with Gasteiger partial charge in [-0.3, -0.25) is 14.4 Å². The molecule has 2 atom stereocenters. The van der Waals surface area contributed by atoms with Crippen molar-refractivity contribution in [1.29, 1.82) is 0 Å². The van der Waals surface area contributed by atoms with Crippen LogP contribution in [0.25, 0.3) is 0 Å². The van der Waals surface area contributed by atoms with Crippen LogP contribution in [0.5, 0.6) is 0 Å². The molecule has 0 radical (unpaired) electrons. The molecule has 2 aliphatic rings. The third-order valence-corrected chi connectivity index (χ3v) is 5.20. The number of hydrogen-bond acceptors (Lipinski definition) is 5. The van der Waals surface area contributed by atoms with Crippen LogP contribution in [-0.4, -0.2) is 56.4 Å². The van der Waals surface area contributed by atoms with Crippen molar-refractivity contribution < 1.29 is 24.3 Å². The molecule has 0 bridgehead atoms. The Bertz CT molecular complexity index is 523. The van der Waals surface area contributed by atoms with Gasteiger partial charge in [0.05, 0.1) is 0 Å². The van der Waals surface area contributed by atoms with E-state index in [1.807, 2.05) is 0 Å². The minimum Gasteiger partial charge on any atom is -0.480 e. The maximum Gasteiger partial charge on any atom is 0.328 e. The summed E-state index contributed by atoms with van der Waals surface area (Å²) in [5.41, 5.74) is -1.22. The van der Waals surface area contributed by atoms with Gasteiger partial charge < -0.3 is 5.11 Å². The van der Waals surface area contributed by atoms with Crippen LogP contribution in [0.4, 0.5) is 0 Å². The zero-order chi connectivity index (χ0) is 16.5. The molecule has 0 aromatic carbocycles. The van der Waals surface area contributed by atoms with Gasteiger partial charge in [0.15, 0.2) is 11.2 Å². The summed E-state index contributed by atoms with van der Waals surface area (Å²) in [6, 6.07) is -0.973. The Morgan fingerprint density at radius 1 is 1.36 bits per heavy atom. The number of hydrazine groups is 1. The Balaban J connectivity index is 2.28. The molecule has 0 aromatic rings. The number of thioether (sulfide) groups is 1. The van der Waals surface area contributed by atoms with Crippen molar-refractivity contribution in [1.82, 2.24) is 10.0 Å². The number of hydrogen-bond donors (Lipinski definition) is 1. The lowest BCUT2D eigenvalue weighted by Gasteiger charge is -2.36. The number of carbonyl (C=O) groups is 4. The maximum atomic E-state index is 12.8. The van der Waals surface area contributed by atoms with Crippen LogP contribution in [-0.2, 0) is 19.2 Å². The van der Waals surface area contributed by atoms with Gasteiger partial charge in [-0.25, -0.2) is 14.8 Å². The standard InChI is InChI=1S/C14H20N2O5S/c1-3-14(6-8-22-9(2)17)12(20)15-7-4-5-10(11(18)19)16(15)13(14)21/h10H,3-8H2,1-2H3,(H,18,19). The Labute approximate surface area is 133 Å². The number of carboxylic acids is 1. The van der Waals surface area contributed by atoms with Crippen molar-refractivity contribution in [3.8, 4) is 0 Å². The molecule has 0 spiro atoms. The van der Waals surface area contributed by atoms with Crippen LogP contribution < -0.4 is 0 Å². The summed E-state index contributed by atoms with van der Waals surface area (Å²) in [5.74, 6) is -1.47. The Kier molecular flexibility index (Phi) is 4.79. The summed E-state index contributed by atoms with van der Waals surface area (Å²) >= 11 is 1.08. The summed E-state index contributed by atoms with van der Waals surface area (Å²) < 4.78 is 0. The number of rotatable bonds is 5. The summed E-state index contributed by atoms with van der Waals surface area (Å²) in [6.45, 7) is 3.56. The first-order valence-corrected chi connectivity index (χ1v) is 8.35. The molecule has 22 heavy (non-hydrogen) atoms. The highest BCUT2D eigenvalue weighted by molar-refractivity contribution is 8.13. The normalized spacial score (nSPS) is 28.0. The van der Waals surface area contributed by atoms with Gasteiger partial charge >= 0.3 is 5.97 Å². The summed E-state index contributed by atoms with van der Waals surface area (Å²) in [5, 5.41) is 11.7. The van der Waals surface area contributed by atoms with Gasteiger partial charge in [-0.15, -0.1) is 0 Å². The first kappa shape index (κ1) is 16.8. The van der Waals surface area contributed by atoms with Crippen LogP contribution in [0.1, 0.15) is 39.5 Å². The number of amides is 2. The van der Waals surface area contributed by atoms with E-state index in [1.165, 1.54) is 11.9 Å². The van der Waals surface area contributed by atoms with Crippen molar-refractivity contribution in [3.05, 3.63) is 0 Å². The number of aliphatic carboxylic acids is 1. The molecular weight excluding hydrogens is 308 g/mol. The van der Waals surface area contributed by atoms with Crippen molar-refractivity contribution in [2.24, 2.45) is 5.41 Å². The number of fused-ring (bicyclic) bond motifs is 1. The van der Waals surface area contributed by atoms with Crippen LogP contribution in [0.2, 0.25) is 0 Å². The third-order valence-electron chi connectivity index (χ3n) is 4.39. The average Bonchev–Trinajstić information content (AvgIpc) is 2.69. The monoisotopic (exact) mass is 328 g/mol. The van der Waals surface area contributed by atoms with Gasteiger partial charge in [0.1, 0.15) is 5.41 Å². The van der Waals surface area contributed by atoms with E-state index in [0.29, 0.717) is 31.6 Å². The van der Waals surface area contributed by atoms with E-state index >= 15 is 0 Å². The first-order chi connectivity index (χ1) is 10.3. The lowest BCUT2D eigenvalue weighted by atomic mass is 9.81. The van der Waals surface area contributed by atoms with Gasteiger partial charge in [0.25, 0.3) is 11.8 Å². The number of carbonyl (C=O) groups excluding carboxylic acids is 3. The van der Waals surface area contributed by atoms with Gasteiger partial charge in [-0.05, 0) is 25.7 Å². The van der Waals surface area contributed by atoms with E-state index in [9.17, 15) is 24.3 Å². The molecule has 2 aliphatic heterocycles. The summed E-state index contributed by atoms with van der Waals surface area (Å²) in [6.07, 6.45) is 1.48. The molecule has 2 rings (SSSR count). The first-order valence-electron chi connectivity index (χ1n) is 7.37. The second kappa shape index (κ2) is 6.28. The quantitative estimate of drug-likeness (QED) is 0.753. The molecular formula is C14H20N2O5S. The highest BCUT2D eigenvalue weighted by Gasteiger charge is 2.60. The van der Waals surface area contributed by atoms with Crippen LogP contribution in [0.15, 0.2) is 0 Å². The second-order valence-electron chi connectivity index (χ2n) is 5.60. The van der Waals surface area contributed by atoms with Gasteiger partial charge in [0.2, 0.25) is 0 Å². The largest absolute Gasteiger partial charge is 0.480 e. The summed E-state index contributed by atoms with van der Waals surface area (Å²) in [4.78, 5) is 48.0. The van der Waals surface area contributed by atoms with Crippen molar-refractivity contribution in [2.75, 3.05) is 12.3 Å². The Morgan fingerprint density at radius 3 is 2.59 bits per heavy atom. The molecule has 1 N–H and O–H groups in total. The molecule has 2 unspecified atom stereocenters. The van der Waals surface area contributed by atoms with Crippen molar-refractivity contribution >= 4 is 34.7 Å². The van der Waals surface area contributed by atoms with E-state index in [-0.39, 0.29) is 17.4 Å². The molecule has 2 saturated heterocycles. The van der Waals surface area contributed by atoms with Gasteiger partial charge in [-0.1, -0.05) is 18.7 Å². The topological polar surface area (TPSA) is 95.0 Å². The maximum absolute atomic E-state index is 12.8. The van der Waals surface area contributed by atoms with Gasteiger partial charge in [0, 0.05) is 19.2 Å². The fraction of sp³-hybridized carbons (Fsp3) is 0.714. The zero-order valence-electron chi connectivity index (χ0n) is 12.7. The fourth-order valence-corrected chi connectivity index (χ4v) is 3.87. The van der Waals surface area contributed by atoms with E-state index in [2.05, 4.69) is 0 Å². The van der Waals surface area contributed by atoms with Gasteiger partial charge in [-0.2, -0.15) is 0 Å². The zero-order valence-corrected chi connectivity index (χ0v) is 13.5. The van der Waals surface area contributed by atoms with E-state index < -0.39 is 23.3 Å². The molecule has 2 heterocycles. The molecule has 0 aliphatic carbocycles. The lowest BCUT2D eigenvalue weighted by molar-refractivity contribution is -0.169. The molecule has 0 saturated carbocycles.